The molecular weight excluding hydrogens is 240 g/mol. The van der Waals surface area contributed by atoms with Crippen LogP contribution in [0, 0.1) is 0 Å². The Kier molecular flexibility index (Phi) is 3.51. The number of benzene rings is 1. The van der Waals surface area contributed by atoms with E-state index in [0.717, 1.165) is 6.42 Å². The molecule has 0 saturated carbocycles. The van der Waals surface area contributed by atoms with Crippen molar-refractivity contribution in [3.63, 3.8) is 0 Å². The number of anilines is 1. The third-order valence-electron chi connectivity index (χ3n) is 2.66. The second kappa shape index (κ2) is 4.91. The van der Waals surface area contributed by atoms with Gasteiger partial charge in [-0.2, -0.15) is 0 Å². The number of nitrogens with one attached hydrogen (secondary N) is 3. The first-order valence-electron chi connectivity index (χ1n) is 5.43. The van der Waals surface area contributed by atoms with Crippen LogP contribution in [0.15, 0.2) is 18.2 Å². The monoisotopic (exact) mass is 254 g/mol. The molecule has 5 N–H and O–H groups in total. The number of carbonyl (C=O) groups excluding carboxylic acids is 1. The first-order valence-corrected chi connectivity index (χ1v) is 5.81. The van der Waals surface area contributed by atoms with Gasteiger partial charge in [0.15, 0.2) is 0 Å². The summed E-state index contributed by atoms with van der Waals surface area (Å²) in [6, 6.07) is 5.18. The zero-order valence-electron chi connectivity index (χ0n) is 9.46. The first kappa shape index (κ1) is 12.2. The van der Waals surface area contributed by atoms with Gasteiger partial charge in [-0.3, -0.25) is 10.2 Å². The van der Waals surface area contributed by atoms with E-state index in [0.29, 0.717) is 22.3 Å². The van der Waals surface area contributed by atoms with Crippen LogP contribution in [0.2, 0.25) is 5.02 Å². The maximum Gasteiger partial charge on any atom is 0.254 e. The predicted octanol–water partition coefficient (Wildman–Crippen LogP) is 0.865. The Bertz CT molecular complexity index is 437. The highest BCUT2D eigenvalue weighted by molar-refractivity contribution is 6.31. The SMILES string of the molecule is CC1CC(NC(=O)c2ccc(Cl)cc2N)NN1. The Morgan fingerprint density at radius 1 is 1.53 bits per heavy atom. The van der Waals surface area contributed by atoms with Gasteiger partial charge >= 0.3 is 0 Å². The van der Waals surface area contributed by atoms with Crippen molar-refractivity contribution in [3.05, 3.63) is 28.8 Å². The van der Waals surface area contributed by atoms with Gasteiger partial charge in [-0.1, -0.05) is 11.6 Å². The van der Waals surface area contributed by atoms with Gasteiger partial charge in [0.25, 0.3) is 5.91 Å². The summed E-state index contributed by atoms with van der Waals surface area (Å²) >= 11 is 5.78. The van der Waals surface area contributed by atoms with E-state index in [1.807, 2.05) is 6.92 Å². The van der Waals surface area contributed by atoms with Crippen LogP contribution in [0.25, 0.3) is 0 Å². The maximum absolute atomic E-state index is 11.9. The van der Waals surface area contributed by atoms with Crippen molar-refractivity contribution in [2.24, 2.45) is 0 Å². The van der Waals surface area contributed by atoms with Crippen molar-refractivity contribution in [2.75, 3.05) is 5.73 Å². The topological polar surface area (TPSA) is 79.2 Å². The number of nitrogens with two attached hydrogens (primary N) is 1. The third-order valence-corrected chi connectivity index (χ3v) is 2.89. The number of rotatable bonds is 2. The Labute approximate surface area is 105 Å². The van der Waals surface area contributed by atoms with Crippen molar-refractivity contribution < 1.29 is 4.79 Å². The lowest BCUT2D eigenvalue weighted by molar-refractivity contribution is 0.0933. The predicted molar refractivity (Wildman–Crippen MR) is 67.5 cm³/mol. The molecule has 1 aromatic carbocycles. The van der Waals surface area contributed by atoms with Crippen LogP contribution in [-0.2, 0) is 0 Å². The molecule has 1 fully saturated rings. The van der Waals surface area contributed by atoms with Gasteiger partial charge in [-0.05, 0) is 31.5 Å². The quantitative estimate of drug-likeness (QED) is 0.591. The van der Waals surface area contributed by atoms with E-state index in [9.17, 15) is 4.79 Å². The Morgan fingerprint density at radius 2 is 2.29 bits per heavy atom. The number of hydrazine groups is 1. The van der Waals surface area contributed by atoms with Crippen LogP contribution in [0.4, 0.5) is 5.69 Å². The molecule has 17 heavy (non-hydrogen) atoms. The van der Waals surface area contributed by atoms with Crippen molar-refractivity contribution in [1.29, 1.82) is 0 Å². The molecule has 1 aromatic rings. The first-order chi connectivity index (χ1) is 8.06. The average molecular weight is 255 g/mol. The van der Waals surface area contributed by atoms with Gasteiger partial charge in [-0.15, -0.1) is 0 Å². The van der Waals surface area contributed by atoms with Gasteiger partial charge in [0.2, 0.25) is 0 Å². The highest BCUT2D eigenvalue weighted by atomic mass is 35.5. The standard InChI is InChI=1S/C11H15ClN4O/c1-6-4-10(16-15-6)14-11(17)8-3-2-7(12)5-9(8)13/h2-3,5-6,10,15-16H,4,13H2,1H3,(H,14,17). The van der Waals surface area contributed by atoms with Gasteiger partial charge in [0.05, 0.1) is 11.7 Å². The van der Waals surface area contributed by atoms with Gasteiger partial charge in [-0.25, -0.2) is 5.43 Å². The number of halogens is 1. The summed E-state index contributed by atoms with van der Waals surface area (Å²) in [5, 5.41) is 3.37. The Hall–Kier alpha value is -1.30. The lowest BCUT2D eigenvalue weighted by Crippen LogP contribution is -2.44. The van der Waals surface area contributed by atoms with Crippen LogP contribution in [0.3, 0.4) is 0 Å². The molecule has 0 spiro atoms. The average Bonchev–Trinajstić information content (AvgIpc) is 2.63. The second-order valence-electron chi connectivity index (χ2n) is 4.18. The van der Waals surface area contributed by atoms with E-state index in [-0.39, 0.29) is 12.1 Å². The fourth-order valence-corrected chi connectivity index (χ4v) is 1.97. The van der Waals surface area contributed by atoms with Crippen molar-refractivity contribution in [2.45, 2.75) is 25.6 Å². The highest BCUT2D eigenvalue weighted by Crippen LogP contribution is 2.18. The zero-order valence-corrected chi connectivity index (χ0v) is 10.2. The van der Waals surface area contributed by atoms with E-state index in [2.05, 4.69) is 16.2 Å². The second-order valence-corrected chi connectivity index (χ2v) is 4.62. The molecule has 1 amide bonds. The molecule has 1 saturated heterocycles. The van der Waals surface area contributed by atoms with Crippen molar-refractivity contribution in [3.8, 4) is 0 Å². The number of hydrogen-bond acceptors (Lipinski definition) is 4. The molecule has 2 unspecified atom stereocenters. The summed E-state index contributed by atoms with van der Waals surface area (Å²) in [5.74, 6) is -0.201. The van der Waals surface area contributed by atoms with Crippen molar-refractivity contribution in [1.82, 2.24) is 16.2 Å². The minimum atomic E-state index is -0.201. The summed E-state index contributed by atoms with van der Waals surface area (Å²) in [6.07, 6.45) is 0.756. The fourth-order valence-electron chi connectivity index (χ4n) is 1.79. The summed E-state index contributed by atoms with van der Waals surface area (Å²) in [7, 11) is 0. The third kappa shape index (κ3) is 2.88. The molecule has 2 rings (SSSR count). The highest BCUT2D eigenvalue weighted by Gasteiger charge is 2.22. The fraction of sp³-hybridized carbons (Fsp3) is 0.364. The van der Waals surface area contributed by atoms with Crippen LogP contribution < -0.4 is 21.9 Å². The maximum atomic E-state index is 11.9. The molecule has 0 aromatic heterocycles. The molecule has 0 bridgehead atoms. The summed E-state index contributed by atoms with van der Waals surface area (Å²) < 4.78 is 0. The molecule has 2 atom stereocenters. The molecule has 1 aliphatic heterocycles. The van der Waals surface area contributed by atoms with E-state index < -0.39 is 0 Å². The van der Waals surface area contributed by atoms with E-state index in [4.69, 9.17) is 17.3 Å². The van der Waals surface area contributed by atoms with Gasteiger partial charge in [0, 0.05) is 16.8 Å². The normalized spacial score (nSPS) is 23.6. The minimum absolute atomic E-state index is 0.0763. The van der Waals surface area contributed by atoms with Crippen LogP contribution >= 0.6 is 11.6 Å². The smallest absolute Gasteiger partial charge is 0.254 e. The summed E-state index contributed by atoms with van der Waals surface area (Å²) in [6.45, 7) is 2.04. The molecule has 1 aliphatic rings. The number of carbonyl (C=O) groups is 1. The van der Waals surface area contributed by atoms with Crippen LogP contribution in [0.1, 0.15) is 23.7 Å². The minimum Gasteiger partial charge on any atom is -0.398 e. The molecular formula is C11H15ClN4O. The number of amides is 1. The summed E-state index contributed by atoms with van der Waals surface area (Å²) in [4.78, 5) is 11.9. The molecule has 1 heterocycles. The van der Waals surface area contributed by atoms with E-state index in [1.165, 1.54) is 0 Å². The Balaban J connectivity index is 2.04. The van der Waals surface area contributed by atoms with Gasteiger partial charge < -0.3 is 11.1 Å². The lowest BCUT2D eigenvalue weighted by Gasteiger charge is -2.13. The number of hydrogen-bond donors (Lipinski definition) is 4. The molecule has 0 aliphatic carbocycles. The van der Waals surface area contributed by atoms with Crippen LogP contribution in [-0.4, -0.2) is 18.1 Å². The molecule has 92 valence electrons. The molecule has 5 nitrogen and oxygen atoms in total. The van der Waals surface area contributed by atoms with Gasteiger partial charge in [0.1, 0.15) is 0 Å². The number of nitrogen functional groups attached to an aromatic ring is 1. The van der Waals surface area contributed by atoms with Crippen LogP contribution in [0.5, 0.6) is 0 Å². The largest absolute Gasteiger partial charge is 0.398 e. The Morgan fingerprint density at radius 3 is 2.88 bits per heavy atom. The lowest BCUT2D eigenvalue weighted by atomic mass is 10.1. The van der Waals surface area contributed by atoms with E-state index >= 15 is 0 Å². The molecule has 6 heteroatoms. The molecule has 0 radical (unpaired) electrons. The van der Waals surface area contributed by atoms with Crippen molar-refractivity contribution >= 4 is 23.2 Å². The summed E-state index contributed by atoms with van der Waals surface area (Å²) in [5.41, 5.74) is 12.6. The zero-order chi connectivity index (χ0) is 12.4. The van der Waals surface area contributed by atoms with E-state index in [1.54, 1.807) is 18.2 Å².